The Morgan fingerprint density at radius 1 is 1.15 bits per heavy atom. The number of rotatable bonds is 4. The molecule has 2 rings (SSSR count). The molecule has 20 heavy (non-hydrogen) atoms. The summed E-state index contributed by atoms with van der Waals surface area (Å²) in [5.41, 5.74) is 0.375. The van der Waals surface area contributed by atoms with Crippen LogP contribution in [0.5, 0.6) is 0 Å². The lowest BCUT2D eigenvalue weighted by Gasteiger charge is -2.06. The van der Waals surface area contributed by atoms with E-state index in [1.165, 1.54) is 11.3 Å². The van der Waals surface area contributed by atoms with Crippen molar-refractivity contribution < 1.29 is 19.1 Å². The number of hydrogen-bond donors (Lipinski definition) is 1. The Bertz CT molecular complexity index is 635. The third kappa shape index (κ3) is 2.91. The van der Waals surface area contributed by atoms with E-state index in [0.717, 1.165) is 10.1 Å². The van der Waals surface area contributed by atoms with Gasteiger partial charge in [0.05, 0.1) is 13.2 Å². The number of anilines is 1. The average molecular weight is 293 g/mol. The SMILES string of the molecule is CCOC(=O)Nc1sc2ccccc2c1C(=O)OCC. The van der Waals surface area contributed by atoms with E-state index in [-0.39, 0.29) is 13.2 Å². The van der Waals surface area contributed by atoms with Crippen molar-refractivity contribution in [2.75, 3.05) is 18.5 Å². The minimum Gasteiger partial charge on any atom is -0.462 e. The molecule has 1 amide bonds. The van der Waals surface area contributed by atoms with E-state index < -0.39 is 12.1 Å². The predicted octanol–water partition coefficient (Wildman–Crippen LogP) is 3.65. The highest BCUT2D eigenvalue weighted by Crippen LogP contribution is 2.36. The Labute approximate surface area is 120 Å². The van der Waals surface area contributed by atoms with Gasteiger partial charge in [-0.1, -0.05) is 18.2 Å². The van der Waals surface area contributed by atoms with E-state index in [0.29, 0.717) is 10.6 Å². The van der Waals surface area contributed by atoms with Crippen LogP contribution < -0.4 is 5.32 Å². The van der Waals surface area contributed by atoms with Crippen LogP contribution in [-0.4, -0.2) is 25.3 Å². The molecule has 0 atom stereocenters. The lowest BCUT2D eigenvalue weighted by Crippen LogP contribution is -2.15. The van der Waals surface area contributed by atoms with Crippen LogP contribution in [0.15, 0.2) is 24.3 Å². The van der Waals surface area contributed by atoms with Gasteiger partial charge in [0.25, 0.3) is 0 Å². The highest BCUT2D eigenvalue weighted by atomic mass is 32.1. The fourth-order valence-corrected chi connectivity index (χ4v) is 2.88. The van der Waals surface area contributed by atoms with Gasteiger partial charge in [0.15, 0.2) is 0 Å². The van der Waals surface area contributed by atoms with Crippen LogP contribution in [0.2, 0.25) is 0 Å². The van der Waals surface area contributed by atoms with Gasteiger partial charge in [0.2, 0.25) is 0 Å². The molecular formula is C14H15NO4S. The first-order valence-corrected chi connectivity index (χ1v) is 7.11. The summed E-state index contributed by atoms with van der Waals surface area (Å²) in [5.74, 6) is -0.447. The number of carbonyl (C=O) groups excluding carboxylic acids is 2. The number of carbonyl (C=O) groups is 2. The van der Waals surface area contributed by atoms with Crippen LogP contribution in [0.1, 0.15) is 24.2 Å². The van der Waals surface area contributed by atoms with Crippen LogP contribution in [-0.2, 0) is 9.47 Å². The molecule has 0 bridgehead atoms. The Morgan fingerprint density at radius 3 is 2.55 bits per heavy atom. The molecule has 0 saturated heterocycles. The number of amides is 1. The van der Waals surface area contributed by atoms with Crippen molar-refractivity contribution in [3.8, 4) is 0 Å². The molecule has 0 spiro atoms. The second-order valence-electron chi connectivity index (χ2n) is 3.87. The summed E-state index contributed by atoms with van der Waals surface area (Å²) < 4.78 is 10.8. The second kappa shape index (κ2) is 6.38. The first-order valence-electron chi connectivity index (χ1n) is 6.29. The highest BCUT2D eigenvalue weighted by molar-refractivity contribution is 7.23. The summed E-state index contributed by atoms with van der Waals surface area (Å²) in [6.45, 7) is 4.01. The number of esters is 1. The third-order valence-corrected chi connectivity index (χ3v) is 3.65. The van der Waals surface area contributed by atoms with Gasteiger partial charge in [-0.25, -0.2) is 9.59 Å². The molecule has 1 aromatic heterocycles. The highest BCUT2D eigenvalue weighted by Gasteiger charge is 2.21. The molecule has 2 aromatic rings. The van der Waals surface area contributed by atoms with Crippen LogP contribution in [0.3, 0.4) is 0 Å². The van der Waals surface area contributed by atoms with Crippen molar-refractivity contribution in [2.24, 2.45) is 0 Å². The van der Waals surface area contributed by atoms with E-state index in [1.54, 1.807) is 13.8 Å². The minimum atomic E-state index is -0.579. The number of nitrogens with one attached hydrogen (secondary N) is 1. The summed E-state index contributed by atoms with van der Waals surface area (Å²) in [7, 11) is 0. The zero-order valence-corrected chi connectivity index (χ0v) is 12.1. The lowest BCUT2D eigenvalue weighted by molar-refractivity contribution is 0.0530. The number of thiophene rings is 1. The van der Waals surface area contributed by atoms with Crippen LogP contribution in [0, 0.1) is 0 Å². The standard InChI is InChI=1S/C14H15NO4S/c1-3-18-13(16)11-9-7-5-6-8-10(9)20-12(11)15-14(17)19-4-2/h5-8H,3-4H2,1-2H3,(H,15,17). The topological polar surface area (TPSA) is 64.6 Å². The summed E-state index contributed by atoms with van der Waals surface area (Å²) in [6.07, 6.45) is -0.579. The summed E-state index contributed by atoms with van der Waals surface area (Å²) >= 11 is 1.32. The molecule has 0 saturated carbocycles. The smallest absolute Gasteiger partial charge is 0.412 e. The minimum absolute atomic E-state index is 0.269. The zero-order chi connectivity index (χ0) is 14.5. The van der Waals surface area contributed by atoms with Crippen LogP contribution in [0.4, 0.5) is 9.80 Å². The van der Waals surface area contributed by atoms with Gasteiger partial charge < -0.3 is 9.47 Å². The van der Waals surface area contributed by atoms with Crippen molar-refractivity contribution in [3.05, 3.63) is 29.8 Å². The van der Waals surface area contributed by atoms with Crippen molar-refractivity contribution in [1.82, 2.24) is 0 Å². The van der Waals surface area contributed by atoms with E-state index in [1.807, 2.05) is 24.3 Å². The first kappa shape index (κ1) is 14.3. The molecule has 1 N–H and O–H groups in total. The van der Waals surface area contributed by atoms with Crippen molar-refractivity contribution in [3.63, 3.8) is 0 Å². The maximum atomic E-state index is 12.1. The number of benzene rings is 1. The Balaban J connectivity index is 2.44. The largest absolute Gasteiger partial charge is 0.462 e. The first-order chi connectivity index (χ1) is 9.67. The molecule has 0 aliphatic heterocycles. The van der Waals surface area contributed by atoms with Crippen LogP contribution in [0.25, 0.3) is 10.1 Å². The number of fused-ring (bicyclic) bond motifs is 1. The molecule has 1 aromatic carbocycles. The van der Waals surface area contributed by atoms with Gasteiger partial charge in [-0.05, 0) is 19.9 Å². The van der Waals surface area contributed by atoms with Gasteiger partial charge in [-0.15, -0.1) is 11.3 Å². The van der Waals surface area contributed by atoms with E-state index in [4.69, 9.17) is 9.47 Å². The Hall–Kier alpha value is -2.08. The number of ether oxygens (including phenoxy) is 2. The quantitative estimate of drug-likeness (QED) is 0.874. The lowest BCUT2D eigenvalue weighted by atomic mass is 10.1. The number of hydrogen-bond acceptors (Lipinski definition) is 5. The maximum Gasteiger partial charge on any atom is 0.412 e. The molecule has 106 valence electrons. The van der Waals surface area contributed by atoms with Crippen molar-refractivity contribution in [2.45, 2.75) is 13.8 Å². The van der Waals surface area contributed by atoms with Gasteiger partial charge in [0, 0.05) is 10.1 Å². The van der Waals surface area contributed by atoms with E-state index >= 15 is 0 Å². The molecule has 0 fully saturated rings. The van der Waals surface area contributed by atoms with E-state index in [2.05, 4.69) is 5.32 Å². The molecule has 0 aliphatic carbocycles. The summed E-state index contributed by atoms with van der Waals surface area (Å²) in [4.78, 5) is 23.6. The summed E-state index contributed by atoms with van der Waals surface area (Å²) in [5, 5.41) is 3.81. The molecule has 1 heterocycles. The Morgan fingerprint density at radius 2 is 1.85 bits per heavy atom. The van der Waals surface area contributed by atoms with Gasteiger partial charge in [-0.3, -0.25) is 5.32 Å². The average Bonchev–Trinajstić information content (AvgIpc) is 2.76. The monoisotopic (exact) mass is 293 g/mol. The second-order valence-corrected chi connectivity index (χ2v) is 4.92. The molecular weight excluding hydrogens is 278 g/mol. The maximum absolute atomic E-state index is 12.1. The van der Waals surface area contributed by atoms with Gasteiger partial charge >= 0.3 is 12.1 Å². The Kier molecular flexibility index (Phi) is 4.57. The third-order valence-electron chi connectivity index (χ3n) is 2.57. The molecule has 0 unspecified atom stereocenters. The fourth-order valence-electron chi connectivity index (χ4n) is 1.80. The summed E-state index contributed by atoms with van der Waals surface area (Å²) in [6, 6.07) is 7.43. The predicted molar refractivity (Wildman–Crippen MR) is 78.4 cm³/mol. The van der Waals surface area contributed by atoms with E-state index in [9.17, 15) is 9.59 Å². The molecule has 6 heteroatoms. The van der Waals surface area contributed by atoms with Gasteiger partial charge in [-0.2, -0.15) is 0 Å². The van der Waals surface area contributed by atoms with Gasteiger partial charge in [0.1, 0.15) is 10.6 Å². The normalized spacial score (nSPS) is 10.3. The van der Waals surface area contributed by atoms with Crippen molar-refractivity contribution >= 4 is 38.5 Å². The van der Waals surface area contributed by atoms with Crippen molar-refractivity contribution in [1.29, 1.82) is 0 Å². The zero-order valence-electron chi connectivity index (χ0n) is 11.3. The molecule has 0 aliphatic rings. The molecule has 5 nitrogen and oxygen atoms in total. The molecule has 0 radical (unpaired) electrons. The van der Waals surface area contributed by atoms with Crippen LogP contribution >= 0.6 is 11.3 Å². The fraction of sp³-hybridized carbons (Fsp3) is 0.286.